The third-order valence-electron chi connectivity index (χ3n) is 2.81. The minimum absolute atomic E-state index is 0.0840. The summed E-state index contributed by atoms with van der Waals surface area (Å²) in [6.45, 7) is 0. The van der Waals surface area contributed by atoms with E-state index < -0.39 is 4.92 Å². The Morgan fingerprint density at radius 3 is 2.52 bits per heavy atom. The Morgan fingerprint density at radius 1 is 1.14 bits per heavy atom. The number of non-ortho nitro benzene ring substituents is 1. The van der Waals surface area contributed by atoms with Gasteiger partial charge in [0.05, 0.1) is 13.9 Å². The summed E-state index contributed by atoms with van der Waals surface area (Å²) in [5.41, 5.74) is 0.707. The van der Waals surface area contributed by atoms with Gasteiger partial charge in [-0.1, -0.05) is 0 Å². The molecule has 3 rings (SSSR count). The summed E-state index contributed by atoms with van der Waals surface area (Å²) in [6, 6.07) is 4.09. The highest BCUT2D eigenvalue weighted by atomic mass is 79.9. The van der Waals surface area contributed by atoms with Gasteiger partial charge in [0.2, 0.25) is 5.43 Å². The van der Waals surface area contributed by atoms with Crippen LogP contribution in [0.15, 0.2) is 40.8 Å². The minimum atomic E-state index is -0.507. The molecule has 1 aliphatic heterocycles. The smallest absolute Gasteiger partial charge is 0.271 e. The average molecular weight is 479 g/mol. The highest BCUT2D eigenvalue weighted by molar-refractivity contribution is 9.13. The van der Waals surface area contributed by atoms with Crippen molar-refractivity contribution in [3.63, 3.8) is 0 Å². The number of nitro groups is 1. The lowest BCUT2D eigenvalue weighted by Gasteiger charge is -2.10. The number of hydrogen-bond acceptors (Lipinski definition) is 5. The van der Waals surface area contributed by atoms with Crippen LogP contribution in [0.2, 0.25) is 0 Å². The predicted molar refractivity (Wildman–Crippen MR) is 86.7 cm³/mol. The normalized spacial score (nSPS) is 11.2. The maximum absolute atomic E-state index is 12.0. The van der Waals surface area contributed by atoms with Crippen molar-refractivity contribution in [2.24, 2.45) is 0 Å². The van der Waals surface area contributed by atoms with Crippen molar-refractivity contribution < 1.29 is 9.34 Å². The molecule has 0 bridgehead atoms. The maximum atomic E-state index is 12.0. The van der Waals surface area contributed by atoms with Crippen LogP contribution in [0.5, 0.6) is 0 Å². The molecule has 0 radical (unpaired) electrons. The predicted octanol–water partition coefficient (Wildman–Crippen LogP) is 4.49. The van der Waals surface area contributed by atoms with Gasteiger partial charge < -0.3 is 4.42 Å². The zero-order valence-corrected chi connectivity index (χ0v) is 14.7. The molecule has 1 aromatic rings. The van der Waals surface area contributed by atoms with Crippen LogP contribution in [0.1, 0.15) is 0 Å². The third-order valence-corrected chi connectivity index (χ3v) is 5.59. The number of rotatable bonds is 1. The Morgan fingerprint density at radius 2 is 1.86 bits per heavy atom. The molecule has 1 aliphatic carbocycles. The van der Waals surface area contributed by atoms with Crippen molar-refractivity contribution in [1.82, 2.24) is 4.98 Å². The number of aromatic nitrogens is 1. The molecule has 0 fully saturated rings. The first-order valence-corrected chi connectivity index (χ1v) is 7.83. The first-order valence-electron chi connectivity index (χ1n) is 5.45. The number of hydrogen-bond donors (Lipinski definition) is 0. The van der Waals surface area contributed by atoms with Crippen molar-refractivity contribution in [2.45, 2.75) is 0 Å². The summed E-state index contributed by atoms with van der Waals surface area (Å²) in [5, 5.41) is 10.8. The molecule has 0 unspecified atom stereocenters. The van der Waals surface area contributed by atoms with Crippen molar-refractivity contribution in [3.05, 3.63) is 52.0 Å². The number of nitrogens with zero attached hydrogens (tertiary/aromatic N) is 2. The van der Waals surface area contributed by atoms with Crippen LogP contribution in [0.3, 0.4) is 0 Å². The molecule has 9 heteroatoms. The molecule has 0 amide bonds. The zero-order valence-electron chi connectivity index (χ0n) is 9.89. The number of halogens is 3. The lowest BCUT2D eigenvalue weighted by Crippen LogP contribution is -2.08. The second-order valence-electron chi connectivity index (χ2n) is 4.07. The molecule has 0 atom stereocenters. The largest absolute Gasteiger partial charge is 0.451 e. The second-order valence-corrected chi connectivity index (χ2v) is 6.45. The molecule has 0 spiro atoms. The Labute approximate surface area is 142 Å². The van der Waals surface area contributed by atoms with Crippen molar-refractivity contribution in [3.8, 4) is 11.5 Å². The number of nitro benzene ring substituents is 1. The van der Waals surface area contributed by atoms with Crippen LogP contribution in [-0.4, -0.2) is 9.91 Å². The lowest BCUT2D eigenvalue weighted by molar-refractivity contribution is -0.384. The average Bonchev–Trinajstić information content (AvgIpc) is 2.48. The molecule has 1 aromatic carbocycles. The van der Waals surface area contributed by atoms with Gasteiger partial charge in [-0.3, -0.25) is 14.9 Å². The summed E-state index contributed by atoms with van der Waals surface area (Å²) >= 11 is 9.63. The number of benzene rings is 2. The minimum Gasteiger partial charge on any atom is -0.451 e. The molecule has 106 valence electrons. The molecule has 2 aliphatic rings. The van der Waals surface area contributed by atoms with Gasteiger partial charge in [0.15, 0.2) is 11.3 Å². The highest BCUT2D eigenvalue weighted by Gasteiger charge is 2.23. The van der Waals surface area contributed by atoms with E-state index in [1.807, 2.05) is 0 Å². The topological polar surface area (TPSA) is 86.2 Å². The molecule has 1 heterocycles. The van der Waals surface area contributed by atoms with Gasteiger partial charge in [-0.05, 0) is 53.9 Å². The molecule has 0 aromatic heterocycles. The highest BCUT2D eigenvalue weighted by Crippen LogP contribution is 2.38. The molecule has 21 heavy (non-hydrogen) atoms. The van der Waals surface area contributed by atoms with Crippen LogP contribution < -0.4 is 5.43 Å². The second kappa shape index (κ2) is 5.15. The van der Waals surface area contributed by atoms with E-state index >= 15 is 0 Å². The molecular formula is C12H3Br3N2O4. The summed E-state index contributed by atoms with van der Waals surface area (Å²) < 4.78 is 6.62. The summed E-state index contributed by atoms with van der Waals surface area (Å²) in [5.74, 6) is 0.274. The van der Waals surface area contributed by atoms with Crippen molar-refractivity contribution in [1.29, 1.82) is 0 Å². The molecular weight excluding hydrogens is 476 g/mol. The van der Waals surface area contributed by atoms with Gasteiger partial charge in [0, 0.05) is 12.1 Å². The fourth-order valence-corrected chi connectivity index (χ4v) is 3.39. The first-order chi connectivity index (χ1) is 9.90. The molecule has 6 nitrogen and oxygen atoms in total. The van der Waals surface area contributed by atoms with E-state index in [2.05, 4.69) is 52.8 Å². The fraction of sp³-hybridized carbons (Fsp3) is 0. The van der Waals surface area contributed by atoms with E-state index in [4.69, 9.17) is 4.42 Å². The van der Waals surface area contributed by atoms with Gasteiger partial charge >= 0.3 is 0 Å². The van der Waals surface area contributed by atoms with Gasteiger partial charge in [-0.15, -0.1) is 0 Å². The first kappa shape index (κ1) is 14.6. The Hall–Kier alpha value is -1.32. The molecule has 0 saturated carbocycles. The van der Waals surface area contributed by atoms with E-state index in [0.717, 1.165) is 0 Å². The van der Waals surface area contributed by atoms with Gasteiger partial charge in [0.25, 0.3) is 5.69 Å². The van der Waals surface area contributed by atoms with E-state index in [1.54, 1.807) is 0 Å². The van der Waals surface area contributed by atoms with Crippen LogP contribution >= 0.6 is 47.8 Å². The van der Waals surface area contributed by atoms with Crippen molar-refractivity contribution >= 4 is 64.6 Å². The number of fused-ring (bicyclic) bond motifs is 2. The Bertz CT molecular complexity index is 938. The standard InChI is InChI=1S/C12H3Br3N2O4/c13-7-8(14)11(18)9(15)12-10(7)16-5-3-4(17(19)20)1-2-6(5)21-12/h1-3H. The molecule has 0 N–H and O–H groups in total. The Kier molecular flexibility index (Phi) is 3.58. The summed E-state index contributed by atoms with van der Waals surface area (Å²) in [7, 11) is 0. The monoisotopic (exact) mass is 476 g/mol. The van der Waals surface area contributed by atoms with Gasteiger partial charge in [-0.25, -0.2) is 4.98 Å². The maximum Gasteiger partial charge on any atom is 0.271 e. The van der Waals surface area contributed by atoms with Gasteiger partial charge in [-0.2, -0.15) is 0 Å². The van der Waals surface area contributed by atoms with E-state index in [0.29, 0.717) is 25.7 Å². The van der Waals surface area contributed by atoms with E-state index in [9.17, 15) is 14.9 Å². The van der Waals surface area contributed by atoms with E-state index in [-0.39, 0.29) is 21.3 Å². The third kappa shape index (κ3) is 2.29. The summed E-state index contributed by atoms with van der Waals surface area (Å²) in [6.07, 6.45) is 0. The molecule has 0 saturated heterocycles. The Balaban J connectivity index is 2.47. The van der Waals surface area contributed by atoms with Gasteiger partial charge in [0.1, 0.15) is 15.7 Å². The lowest BCUT2D eigenvalue weighted by atomic mass is 10.2. The van der Waals surface area contributed by atoms with Crippen LogP contribution in [0, 0.1) is 10.1 Å². The summed E-state index contributed by atoms with van der Waals surface area (Å²) in [4.78, 5) is 26.6. The van der Waals surface area contributed by atoms with E-state index in [1.165, 1.54) is 18.2 Å². The fourth-order valence-electron chi connectivity index (χ4n) is 1.82. The van der Waals surface area contributed by atoms with Crippen LogP contribution in [0.25, 0.3) is 22.6 Å². The van der Waals surface area contributed by atoms with Crippen LogP contribution in [0.4, 0.5) is 5.69 Å². The van der Waals surface area contributed by atoms with Crippen LogP contribution in [-0.2, 0) is 0 Å². The van der Waals surface area contributed by atoms with Crippen molar-refractivity contribution in [2.75, 3.05) is 0 Å². The SMILES string of the molecule is O=c1c(Br)c2oc3ccc([N+](=O)[O-])cc3nc-2c(Br)c1Br. The zero-order chi connectivity index (χ0) is 15.3. The quantitative estimate of drug-likeness (QED) is 0.223.